The minimum Gasteiger partial charge on any atom is -0.452 e. The molecule has 34 heavy (non-hydrogen) atoms. The molecule has 1 heterocycles. The molecule has 0 spiro atoms. The van der Waals surface area contributed by atoms with Crippen molar-refractivity contribution in [1.82, 2.24) is 0 Å². The molecule has 0 unspecified atom stereocenters. The summed E-state index contributed by atoms with van der Waals surface area (Å²) in [6, 6.07) is 11.8. The highest BCUT2D eigenvalue weighted by Gasteiger charge is 2.60. The lowest BCUT2D eigenvalue weighted by atomic mass is 9.82. The van der Waals surface area contributed by atoms with E-state index in [0.29, 0.717) is 11.4 Å². The van der Waals surface area contributed by atoms with Gasteiger partial charge in [0.25, 0.3) is 5.91 Å². The van der Waals surface area contributed by atoms with Gasteiger partial charge in [0, 0.05) is 5.69 Å². The van der Waals surface area contributed by atoms with Gasteiger partial charge < -0.3 is 10.1 Å². The summed E-state index contributed by atoms with van der Waals surface area (Å²) in [5, 5.41) is 2.72. The molecule has 2 fully saturated rings. The molecule has 1 saturated heterocycles. The first-order valence-corrected chi connectivity index (χ1v) is 11.4. The van der Waals surface area contributed by atoms with Crippen LogP contribution in [0.4, 0.5) is 11.4 Å². The summed E-state index contributed by atoms with van der Waals surface area (Å²) >= 11 is 0. The number of fused-ring (bicyclic) bond motifs is 5. The number of nitrogens with zero attached hydrogens (tertiary/aromatic N) is 1. The zero-order chi connectivity index (χ0) is 24.1. The largest absolute Gasteiger partial charge is 0.452 e. The van der Waals surface area contributed by atoms with E-state index in [1.807, 2.05) is 39.0 Å². The number of imide groups is 1. The van der Waals surface area contributed by atoms with Crippen LogP contribution in [0.3, 0.4) is 0 Å². The first-order chi connectivity index (χ1) is 16.2. The number of hydrogen-bond acceptors (Lipinski definition) is 5. The van der Waals surface area contributed by atoms with Crippen molar-refractivity contribution >= 4 is 35.1 Å². The van der Waals surface area contributed by atoms with Gasteiger partial charge in [0.1, 0.15) is 0 Å². The van der Waals surface area contributed by atoms with Crippen LogP contribution in [-0.2, 0) is 19.1 Å². The van der Waals surface area contributed by atoms with Gasteiger partial charge in [-0.2, -0.15) is 0 Å². The zero-order valence-corrected chi connectivity index (χ0v) is 19.3. The molecule has 3 amide bonds. The topological polar surface area (TPSA) is 92.8 Å². The number of carbonyl (C=O) groups is 4. The molecule has 2 bridgehead atoms. The van der Waals surface area contributed by atoms with Crippen LogP contribution in [0, 0.1) is 37.5 Å². The summed E-state index contributed by atoms with van der Waals surface area (Å²) in [5.41, 5.74) is 4.57. The van der Waals surface area contributed by atoms with Crippen molar-refractivity contribution in [2.24, 2.45) is 23.7 Å². The Hall–Kier alpha value is -3.74. The van der Waals surface area contributed by atoms with E-state index in [9.17, 15) is 19.2 Å². The van der Waals surface area contributed by atoms with Crippen LogP contribution in [0.25, 0.3) is 0 Å². The van der Waals surface area contributed by atoms with Gasteiger partial charge >= 0.3 is 5.97 Å². The predicted octanol–water partition coefficient (Wildman–Crippen LogP) is 3.80. The maximum Gasteiger partial charge on any atom is 0.338 e. The van der Waals surface area contributed by atoms with E-state index in [1.54, 1.807) is 12.1 Å². The highest BCUT2D eigenvalue weighted by molar-refractivity contribution is 6.23. The zero-order valence-electron chi connectivity index (χ0n) is 19.3. The van der Waals surface area contributed by atoms with Crippen LogP contribution in [0.2, 0.25) is 0 Å². The molecule has 2 aromatic carbocycles. The molecule has 1 saturated carbocycles. The van der Waals surface area contributed by atoms with Crippen molar-refractivity contribution in [2.75, 3.05) is 16.8 Å². The lowest BCUT2D eigenvalue weighted by Gasteiger charge is -2.19. The van der Waals surface area contributed by atoms with Gasteiger partial charge in [-0.15, -0.1) is 0 Å². The SMILES string of the molecule is CC1=C[C@H]2C[C@H]1[C@H]1C(=O)N(c3ccc(C(=O)OCC(=O)Nc4cc(C)cc(C)c4)cc3)C(=O)[C@H]12. The van der Waals surface area contributed by atoms with Gasteiger partial charge in [-0.25, -0.2) is 4.79 Å². The van der Waals surface area contributed by atoms with E-state index in [-0.39, 0.29) is 41.0 Å². The fourth-order valence-corrected chi connectivity index (χ4v) is 5.73. The minimum atomic E-state index is -0.657. The molecule has 2 aromatic rings. The Morgan fingerprint density at radius 2 is 1.62 bits per heavy atom. The second-order valence-electron chi connectivity index (χ2n) is 9.53. The fourth-order valence-electron chi connectivity index (χ4n) is 5.73. The van der Waals surface area contributed by atoms with Gasteiger partial charge in [-0.05, 0) is 86.6 Å². The third kappa shape index (κ3) is 3.71. The van der Waals surface area contributed by atoms with Crippen LogP contribution < -0.4 is 10.2 Å². The maximum atomic E-state index is 13.1. The van der Waals surface area contributed by atoms with Gasteiger partial charge in [0.2, 0.25) is 11.8 Å². The van der Waals surface area contributed by atoms with Crippen LogP contribution in [-0.4, -0.2) is 30.3 Å². The van der Waals surface area contributed by atoms with Gasteiger partial charge in [0.15, 0.2) is 6.61 Å². The fraction of sp³-hybridized carbons (Fsp3) is 0.333. The van der Waals surface area contributed by atoms with Gasteiger partial charge in [0.05, 0.1) is 23.1 Å². The Kier molecular flexibility index (Phi) is 5.35. The number of allylic oxidation sites excluding steroid dienone is 2. The molecule has 7 nitrogen and oxygen atoms in total. The third-order valence-electron chi connectivity index (χ3n) is 7.08. The van der Waals surface area contributed by atoms with E-state index < -0.39 is 18.5 Å². The second-order valence-corrected chi connectivity index (χ2v) is 9.53. The smallest absolute Gasteiger partial charge is 0.338 e. The van der Waals surface area contributed by atoms with Crippen molar-refractivity contribution in [2.45, 2.75) is 27.2 Å². The number of rotatable bonds is 5. The summed E-state index contributed by atoms with van der Waals surface area (Å²) in [5.74, 6) is -1.67. The van der Waals surface area contributed by atoms with E-state index in [4.69, 9.17) is 4.74 Å². The van der Waals surface area contributed by atoms with Crippen molar-refractivity contribution in [1.29, 1.82) is 0 Å². The van der Waals surface area contributed by atoms with E-state index >= 15 is 0 Å². The molecular weight excluding hydrogens is 432 g/mol. The lowest BCUT2D eigenvalue weighted by Crippen LogP contribution is -2.33. The Bertz CT molecular complexity index is 1230. The average Bonchev–Trinajstić information content (AvgIpc) is 3.41. The normalized spacial score (nSPS) is 24.8. The highest BCUT2D eigenvalue weighted by atomic mass is 16.5. The number of esters is 1. The van der Waals surface area contributed by atoms with Gasteiger partial charge in [-0.3, -0.25) is 19.3 Å². The Morgan fingerprint density at radius 3 is 2.29 bits per heavy atom. The first-order valence-electron chi connectivity index (χ1n) is 11.4. The molecule has 0 aromatic heterocycles. The van der Waals surface area contributed by atoms with Crippen molar-refractivity contribution < 1.29 is 23.9 Å². The molecule has 7 heteroatoms. The molecule has 4 atom stereocenters. The van der Waals surface area contributed by atoms with Crippen molar-refractivity contribution in [3.05, 3.63) is 70.8 Å². The minimum absolute atomic E-state index is 0.139. The summed E-state index contributed by atoms with van der Waals surface area (Å²) in [7, 11) is 0. The summed E-state index contributed by atoms with van der Waals surface area (Å²) in [6.45, 7) is 5.48. The number of nitrogens with one attached hydrogen (secondary N) is 1. The van der Waals surface area contributed by atoms with Crippen LogP contribution in [0.15, 0.2) is 54.1 Å². The molecule has 0 radical (unpaired) electrons. The molecule has 174 valence electrons. The number of hydrogen-bond donors (Lipinski definition) is 1. The second kappa shape index (κ2) is 8.24. The monoisotopic (exact) mass is 458 g/mol. The summed E-state index contributed by atoms with van der Waals surface area (Å²) in [4.78, 5) is 51.9. The first kappa shape index (κ1) is 22.1. The Balaban J connectivity index is 1.21. The number of aryl methyl sites for hydroxylation is 2. The molecule has 1 N–H and O–H groups in total. The number of ether oxygens (including phenoxy) is 1. The third-order valence-corrected chi connectivity index (χ3v) is 7.08. The molecular formula is C27H26N2O5. The lowest BCUT2D eigenvalue weighted by molar-refractivity contribution is -0.123. The number of anilines is 2. The molecule has 2 aliphatic carbocycles. The number of benzene rings is 2. The van der Waals surface area contributed by atoms with Crippen LogP contribution >= 0.6 is 0 Å². The Morgan fingerprint density at radius 1 is 0.971 bits per heavy atom. The quantitative estimate of drug-likeness (QED) is 0.418. The molecule has 1 aliphatic heterocycles. The number of carbonyl (C=O) groups excluding carboxylic acids is 4. The predicted molar refractivity (Wildman–Crippen MR) is 126 cm³/mol. The average molecular weight is 459 g/mol. The standard InChI is InChI=1S/C27H26N2O5/c1-14-8-15(2)10-19(9-14)28-22(30)13-34-27(33)17-4-6-20(7-5-17)29-25(31)23-18-11-16(3)21(12-18)24(23)26(29)32/h4-11,18,21,23-24H,12-13H2,1-3H3,(H,28,30)/t18-,21+,23-,24+/m0/s1. The van der Waals surface area contributed by atoms with Gasteiger partial charge in [-0.1, -0.05) is 17.7 Å². The maximum absolute atomic E-state index is 13.1. The van der Waals surface area contributed by atoms with E-state index in [2.05, 4.69) is 11.4 Å². The van der Waals surface area contributed by atoms with E-state index in [0.717, 1.165) is 17.5 Å². The number of amides is 3. The van der Waals surface area contributed by atoms with E-state index in [1.165, 1.54) is 22.6 Å². The Labute approximate surface area is 197 Å². The van der Waals surface area contributed by atoms with Crippen LogP contribution in [0.1, 0.15) is 34.8 Å². The molecule has 5 rings (SSSR count). The molecule has 3 aliphatic rings. The summed E-state index contributed by atoms with van der Waals surface area (Å²) in [6.07, 6.45) is 3.02. The van der Waals surface area contributed by atoms with Crippen LogP contribution in [0.5, 0.6) is 0 Å². The summed E-state index contributed by atoms with van der Waals surface area (Å²) < 4.78 is 5.13. The highest BCUT2D eigenvalue weighted by Crippen LogP contribution is 2.55. The van der Waals surface area contributed by atoms with Crippen molar-refractivity contribution in [3.63, 3.8) is 0 Å². The van der Waals surface area contributed by atoms with Crippen molar-refractivity contribution in [3.8, 4) is 0 Å².